The first-order valence-corrected chi connectivity index (χ1v) is 10.2. The minimum absolute atomic E-state index is 0.0655. The molecule has 1 N–H and O–H groups in total. The van der Waals surface area contributed by atoms with Crippen LogP contribution in [0, 0.1) is 5.82 Å². The van der Waals surface area contributed by atoms with Crippen LogP contribution < -0.4 is 0 Å². The van der Waals surface area contributed by atoms with Gasteiger partial charge in [0.1, 0.15) is 5.82 Å². The van der Waals surface area contributed by atoms with Crippen molar-refractivity contribution in [1.29, 1.82) is 0 Å². The van der Waals surface area contributed by atoms with Gasteiger partial charge in [0.2, 0.25) is 0 Å². The molecule has 0 spiro atoms. The highest BCUT2D eigenvalue weighted by molar-refractivity contribution is 5.94. The summed E-state index contributed by atoms with van der Waals surface area (Å²) in [6.45, 7) is 6.30. The quantitative estimate of drug-likeness (QED) is 0.860. The molecule has 1 amide bonds. The first-order chi connectivity index (χ1) is 14.0. The Morgan fingerprint density at radius 1 is 1.10 bits per heavy atom. The zero-order chi connectivity index (χ0) is 20.4. The number of halogens is 1. The van der Waals surface area contributed by atoms with Crippen LogP contribution in [0.5, 0.6) is 0 Å². The standard InChI is InChI=1S/C23H28FN3O2/c1-23(17-28)16-25(13-18-7-3-2-4-8-18)14-19-15-26(11-12-27(19)23)22(29)20-9-5-6-10-21(20)24/h2-10,19,28H,11-17H2,1H3/t19-,23+/m1/s1. The van der Waals surface area contributed by atoms with Crippen molar-refractivity contribution in [2.24, 2.45) is 0 Å². The topological polar surface area (TPSA) is 47.0 Å². The van der Waals surface area contributed by atoms with Gasteiger partial charge in [0.25, 0.3) is 5.91 Å². The zero-order valence-corrected chi connectivity index (χ0v) is 16.8. The van der Waals surface area contributed by atoms with E-state index in [2.05, 4.69) is 28.9 Å². The Morgan fingerprint density at radius 2 is 1.83 bits per heavy atom. The molecule has 2 atom stereocenters. The number of aliphatic hydroxyl groups is 1. The fourth-order valence-corrected chi connectivity index (χ4v) is 4.75. The summed E-state index contributed by atoms with van der Waals surface area (Å²) >= 11 is 0. The Bertz CT molecular complexity index is 862. The summed E-state index contributed by atoms with van der Waals surface area (Å²) in [5, 5.41) is 10.2. The molecule has 2 heterocycles. The molecule has 4 rings (SSSR count). The molecule has 2 aliphatic rings. The van der Waals surface area contributed by atoms with E-state index in [1.54, 1.807) is 23.1 Å². The van der Waals surface area contributed by atoms with Gasteiger partial charge in [-0.25, -0.2) is 4.39 Å². The van der Waals surface area contributed by atoms with Crippen molar-refractivity contribution in [2.75, 3.05) is 39.3 Å². The molecule has 2 aromatic rings. The Balaban J connectivity index is 1.52. The smallest absolute Gasteiger partial charge is 0.256 e. The summed E-state index contributed by atoms with van der Waals surface area (Å²) in [6.07, 6.45) is 0. The Morgan fingerprint density at radius 3 is 2.55 bits per heavy atom. The van der Waals surface area contributed by atoms with Gasteiger partial charge in [0.05, 0.1) is 17.7 Å². The first-order valence-electron chi connectivity index (χ1n) is 10.2. The first kappa shape index (κ1) is 20.0. The average Bonchev–Trinajstić information content (AvgIpc) is 2.74. The summed E-state index contributed by atoms with van der Waals surface area (Å²) in [5.41, 5.74) is 1.00. The fourth-order valence-electron chi connectivity index (χ4n) is 4.75. The molecule has 0 aromatic heterocycles. The summed E-state index contributed by atoms with van der Waals surface area (Å²) in [4.78, 5) is 19.3. The second-order valence-corrected chi connectivity index (χ2v) is 8.39. The number of piperazine rings is 2. The fraction of sp³-hybridized carbons (Fsp3) is 0.435. The molecule has 29 heavy (non-hydrogen) atoms. The third-order valence-electron chi connectivity index (χ3n) is 6.19. The number of rotatable bonds is 4. The molecule has 2 fully saturated rings. The number of nitrogens with zero attached hydrogens (tertiary/aromatic N) is 3. The maximum atomic E-state index is 14.1. The van der Waals surface area contributed by atoms with Crippen LogP contribution in [0.3, 0.4) is 0 Å². The van der Waals surface area contributed by atoms with E-state index < -0.39 is 5.82 Å². The van der Waals surface area contributed by atoms with Crippen molar-refractivity contribution in [1.82, 2.24) is 14.7 Å². The van der Waals surface area contributed by atoms with Crippen molar-refractivity contribution in [3.05, 3.63) is 71.5 Å². The molecule has 0 bridgehead atoms. The monoisotopic (exact) mass is 397 g/mol. The van der Waals surface area contributed by atoms with Gasteiger partial charge in [-0.1, -0.05) is 42.5 Å². The van der Waals surface area contributed by atoms with Gasteiger partial charge in [-0.05, 0) is 24.6 Å². The number of hydrogen-bond acceptors (Lipinski definition) is 4. The average molecular weight is 397 g/mol. The molecule has 154 valence electrons. The van der Waals surface area contributed by atoms with E-state index in [0.717, 1.165) is 19.6 Å². The lowest BCUT2D eigenvalue weighted by atomic mass is 9.91. The van der Waals surface area contributed by atoms with Crippen LogP contribution in [-0.2, 0) is 6.54 Å². The maximum absolute atomic E-state index is 14.1. The number of hydrogen-bond donors (Lipinski definition) is 1. The molecule has 5 nitrogen and oxygen atoms in total. The van der Waals surface area contributed by atoms with E-state index in [-0.39, 0.29) is 29.7 Å². The van der Waals surface area contributed by atoms with E-state index in [1.165, 1.54) is 11.6 Å². The summed E-state index contributed by atoms with van der Waals surface area (Å²) in [6, 6.07) is 16.6. The lowest BCUT2D eigenvalue weighted by molar-refractivity contribution is -0.0890. The molecule has 2 saturated heterocycles. The lowest BCUT2D eigenvalue weighted by Gasteiger charge is -2.56. The van der Waals surface area contributed by atoms with Crippen molar-refractivity contribution in [2.45, 2.75) is 25.0 Å². The van der Waals surface area contributed by atoms with Crippen LogP contribution in [-0.4, -0.2) is 76.6 Å². The van der Waals surface area contributed by atoms with Gasteiger partial charge >= 0.3 is 0 Å². The van der Waals surface area contributed by atoms with Crippen LogP contribution in [0.15, 0.2) is 54.6 Å². The highest BCUT2D eigenvalue weighted by Crippen LogP contribution is 2.29. The molecule has 0 unspecified atom stereocenters. The Labute approximate surface area is 171 Å². The summed E-state index contributed by atoms with van der Waals surface area (Å²) < 4.78 is 14.1. The predicted molar refractivity (Wildman–Crippen MR) is 110 cm³/mol. The van der Waals surface area contributed by atoms with Crippen molar-refractivity contribution in [3.8, 4) is 0 Å². The van der Waals surface area contributed by atoms with E-state index in [1.807, 2.05) is 18.2 Å². The van der Waals surface area contributed by atoms with Crippen LogP contribution in [0.2, 0.25) is 0 Å². The minimum atomic E-state index is -0.477. The summed E-state index contributed by atoms with van der Waals surface area (Å²) in [5.74, 6) is -0.733. The molecule has 0 aliphatic carbocycles. The molecular formula is C23H28FN3O2. The molecule has 6 heteroatoms. The van der Waals surface area contributed by atoms with Crippen LogP contribution >= 0.6 is 0 Å². The highest BCUT2D eigenvalue weighted by Gasteiger charge is 2.45. The van der Waals surface area contributed by atoms with Gasteiger partial charge in [-0.2, -0.15) is 0 Å². The molecule has 2 aromatic carbocycles. The lowest BCUT2D eigenvalue weighted by Crippen LogP contribution is -2.72. The number of carbonyl (C=O) groups excluding carboxylic acids is 1. The number of carbonyl (C=O) groups is 1. The number of benzene rings is 2. The van der Waals surface area contributed by atoms with Crippen LogP contribution in [0.1, 0.15) is 22.8 Å². The van der Waals surface area contributed by atoms with Crippen molar-refractivity contribution < 1.29 is 14.3 Å². The second-order valence-electron chi connectivity index (χ2n) is 8.39. The largest absolute Gasteiger partial charge is 0.394 e. The summed E-state index contributed by atoms with van der Waals surface area (Å²) in [7, 11) is 0. The van der Waals surface area contributed by atoms with E-state index >= 15 is 0 Å². The van der Waals surface area contributed by atoms with Gasteiger partial charge in [0.15, 0.2) is 0 Å². The Hall–Kier alpha value is -2.28. The normalized spacial score (nSPS) is 25.6. The van der Waals surface area contributed by atoms with Crippen LogP contribution in [0.25, 0.3) is 0 Å². The number of fused-ring (bicyclic) bond motifs is 1. The third kappa shape index (κ3) is 4.06. The molecule has 0 saturated carbocycles. The highest BCUT2D eigenvalue weighted by atomic mass is 19.1. The minimum Gasteiger partial charge on any atom is -0.394 e. The van der Waals surface area contributed by atoms with E-state index in [0.29, 0.717) is 19.6 Å². The van der Waals surface area contributed by atoms with E-state index in [4.69, 9.17) is 0 Å². The molecule has 2 aliphatic heterocycles. The Kier molecular flexibility index (Phi) is 5.67. The van der Waals surface area contributed by atoms with Gasteiger partial charge in [0, 0.05) is 45.3 Å². The molecular weight excluding hydrogens is 369 g/mol. The number of amides is 1. The van der Waals surface area contributed by atoms with Gasteiger partial charge in [-0.15, -0.1) is 0 Å². The third-order valence-corrected chi connectivity index (χ3v) is 6.19. The van der Waals surface area contributed by atoms with Crippen molar-refractivity contribution in [3.63, 3.8) is 0 Å². The van der Waals surface area contributed by atoms with Crippen LogP contribution in [0.4, 0.5) is 4.39 Å². The van der Waals surface area contributed by atoms with Gasteiger partial charge in [-0.3, -0.25) is 14.6 Å². The number of aliphatic hydroxyl groups excluding tert-OH is 1. The maximum Gasteiger partial charge on any atom is 0.256 e. The van der Waals surface area contributed by atoms with Crippen molar-refractivity contribution >= 4 is 5.91 Å². The van der Waals surface area contributed by atoms with E-state index in [9.17, 15) is 14.3 Å². The van der Waals surface area contributed by atoms with Gasteiger partial charge < -0.3 is 10.0 Å². The second kappa shape index (κ2) is 8.22. The zero-order valence-electron chi connectivity index (χ0n) is 16.8. The predicted octanol–water partition coefficient (Wildman–Crippen LogP) is 2.22. The SMILES string of the molecule is C[C@@]1(CO)CN(Cc2ccccc2)C[C@@H]2CN(C(=O)c3ccccc3F)CCN21. The molecule has 0 radical (unpaired) electrons.